The molecule has 1 aromatic heterocycles. The number of fused-ring (bicyclic) bond motifs is 3. The Hall–Kier alpha value is -4.38. The van der Waals surface area contributed by atoms with Crippen molar-refractivity contribution in [3.05, 3.63) is 114 Å². The smallest absolute Gasteiger partial charge is 0.159 e. The lowest BCUT2D eigenvalue weighted by molar-refractivity contribution is 0.383. The van der Waals surface area contributed by atoms with Gasteiger partial charge in [0.05, 0.1) is 5.69 Å². The largest absolute Gasteiger partial charge is 0.454 e. The number of aliphatic imine (C=N–C) groups is 2. The van der Waals surface area contributed by atoms with Crippen LogP contribution < -0.4 is 5.73 Å². The Morgan fingerprint density at radius 1 is 0.788 bits per heavy atom. The fourth-order valence-corrected chi connectivity index (χ4v) is 4.40. The molecular formula is C28H22N4O. The van der Waals surface area contributed by atoms with Crippen molar-refractivity contribution in [2.45, 2.75) is 6.17 Å². The summed E-state index contributed by atoms with van der Waals surface area (Å²) < 4.78 is 6.15. The topological polar surface area (TPSA) is 67.1 Å². The summed E-state index contributed by atoms with van der Waals surface area (Å²) in [5, 5.41) is 2.07. The van der Waals surface area contributed by atoms with E-state index in [9.17, 15) is 0 Å². The number of rotatable bonds is 3. The van der Waals surface area contributed by atoms with Gasteiger partial charge >= 0.3 is 0 Å². The molecule has 0 fully saturated rings. The molecule has 0 aliphatic carbocycles. The third kappa shape index (κ3) is 3.26. The van der Waals surface area contributed by atoms with Gasteiger partial charge < -0.3 is 15.1 Å². The van der Waals surface area contributed by atoms with Crippen LogP contribution in [-0.4, -0.2) is 23.6 Å². The maximum Gasteiger partial charge on any atom is 0.159 e. The Bertz CT molecular complexity index is 1530. The Kier molecular flexibility index (Phi) is 4.47. The van der Waals surface area contributed by atoms with E-state index in [1.807, 2.05) is 73.8 Å². The Morgan fingerprint density at radius 2 is 1.52 bits per heavy atom. The molecule has 0 saturated carbocycles. The van der Waals surface area contributed by atoms with Crippen LogP contribution in [0.25, 0.3) is 21.9 Å². The lowest BCUT2D eigenvalue weighted by Gasteiger charge is -2.32. The number of nitrogen functional groups attached to an aromatic ring is 1. The highest BCUT2D eigenvalue weighted by molar-refractivity contribution is 6.13. The monoisotopic (exact) mass is 430 g/mol. The van der Waals surface area contributed by atoms with Gasteiger partial charge in [0.1, 0.15) is 11.4 Å². The van der Waals surface area contributed by atoms with Crippen molar-refractivity contribution < 1.29 is 4.42 Å². The number of para-hydroxylation sites is 1. The van der Waals surface area contributed by atoms with Crippen molar-refractivity contribution in [1.29, 1.82) is 0 Å². The van der Waals surface area contributed by atoms with Crippen LogP contribution in [0.1, 0.15) is 22.9 Å². The molecule has 0 amide bonds. The van der Waals surface area contributed by atoms with Gasteiger partial charge in [0.15, 0.2) is 17.6 Å². The lowest BCUT2D eigenvalue weighted by Crippen LogP contribution is -2.35. The first-order valence-corrected chi connectivity index (χ1v) is 10.9. The summed E-state index contributed by atoms with van der Waals surface area (Å²) in [6, 6.07) is 32.4. The number of anilines is 1. The molecule has 2 N–H and O–H groups in total. The standard InChI is InChI=1S/C28H22N4O/c1-32-27(19-11-6-3-7-12-19)30-26(18-9-4-2-5-10-18)31-28(32)20-15-16-21-22-13-8-14-23(29)25(22)33-24(21)17-20/h2-17,28H,29H2,1H3. The van der Waals surface area contributed by atoms with E-state index in [1.165, 1.54) is 0 Å². The quantitative estimate of drug-likeness (QED) is 0.357. The molecule has 5 aromatic rings. The molecule has 5 heteroatoms. The number of hydrogen-bond donors (Lipinski definition) is 1. The first kappa shape index (κ1) is 19.3. The van der Waals surface area contributed by atoms with Crippen LogP contribution in [-0.2, 0) is 0 Å². The normalized spacial score (nSPS) is 16.2. The summed E-state index contributed by atoms with van der Waals surface area (Å²) in [6.07, 6.45) is -0.247. The minimum Gasteiger partial charge on any atom is -0.454 e. The number of nitrogens with zero attached hydrogens (tertiary/aromatic N) is 3. The second-order valence-electron chi connectivity index (χ2n) is 8.19. The minimum atomic E-state index is -0.247. The number of benzene rings is 4. The molecule has 1 aliphatic rings. The molecule has 0 bridgehead atoms. The van der Waals surface area contributed by atoms with E-state index in [-0.39, 0.29) is 6.17 Å². The Labute approximate surface area is 191 Å². The molecule has 4 aromatic carbocycles. The molecule has 33 heavy (non-hydrogen) atoms. The summed E-state index contributed by atoms with van der Waals surface area (Å²) in [7, 11) is 2.03. The molecule has 0 saturated heterocycles. The zero-order valence-electron chi connectivity index (χ0n) is 18.1. The minimum absolute atomic E-state index is 0.247. The van der Waals surface area contributed by atoms with E-state index >= 15 is 0 Å². The van der Waals surface area contributed by atoms with Crippen LogP contribution in [0.3, 0.4) is 0 Å². The molecule has 1 unspecified atom stereocenters. The number of nitrogens with two attached hydrogens (primary N) is 1. The summed E-state index contributed by atoms with van der Waals surface area (Å²) in [6.45, 7) is 0. The van der Waals surface area contributed by atoms with Gasteiger partial charge in [0, 0.05) is 34.5 Å². The lowest BCUT2D eigenvalue weighted by atomic mass is 10.1. The van der Waals surface area contributed by atoms with Crippen LogP contribution in [0.4, 0.5) is 5.69 Å². The van der Waals surface area contributed by atoms with Gasteiger partial charge in [-0.3, -0.25) is 0 Å². The van der Waals surface area contributed by atoms with Gasteiger partial charge in [-0.05, 0) is 12.1 Å². The summed E-state index contributed by atoms with van der Waals surface area (Å²) in [5.41, 5.74) is 11.4. The zero-order chi connectivity index (χ0) is 22.4. The predicted molar refractivity (Wildman–Crippen MR) is 135 cm³/mol. The summed E-state index contributed by atoms with van der Waals surface area (Å²) in [5.74, 6) is 1.59. The highest BCUT2D eigenvalue weighted by Gasteiger charge is 2.27. The number of amidine groups is 2. The van der Waals surface area contributed by atoms with Crippen LogP contribution in [0.5, 0.6) is 0 Å². The average molecular weight is 431 g/mol. The van der Waals surface area contributed by atoms with Crippen molar-refractivity contribution in [3.63, 3.8) is 0 Å². The molecule has 5 nitrogen and oxygen atoms in total. The van der Waals surface area contributed by atoms with Gasteiger partial charge in [0.2, 0.25) is 0 Å². The van der Waals surface area contributed by atoms with E-state index in [0.29, 0.717) is 11.5 Å². The first-order valence-electron chi connectivity index (χ1n) is 10.9. The Balaban J connectivity index is 1.51. The van der Waals surface area contributed by atoms with Gasteiger partial charge in [-0.1, -0.05) is 84.9 Å². The average Bonchev–Trinajstić information content (AvgIpc) is 3.24. The van der Waals surface area contributed by atoms with Crippen LogP contribution in [0.15, 0.2) is 111 Å². The molecule has 1 atom stereocenters. The second-order valence-corrected chi connectivity index (χ2v) is 8.19. The van der Waals surface area contributed by atoms with Crippen LogP contribution >= 0.6 is 0 Å². The molecular weight excluding hydrogens is 408 g/mol. The van der Waals surface area contributed by atoms with Gasteiger partial charge in [-0.15, -0.1) is 0 Å². The van der Waals surface area contributed by atoms with Crippen molar-refractivity contribution in [1.82, 2.24) is 4.90 Å². The van der Waals surface area contributed by atoms with Crippen LogP contribution in [0, 0.1) is 0 Å². The Morgan fingerprint density at radius 3 is 2.27 bits per heavy atom. The first-order chi connectivity index (χ1) is 16.2. The van der Waals surface area contributed by atoms with Crippen molar-refractivity contribution in [3.8, 4) is 0 Å². The van der Waals surface area contributed by atoms with E-state index in [4.69, 9.17) is 20.1 Å². The van der Waals surface area contributed by atoms with Crippen molar-refractivity contribution >= 4 is 39.3 Å². The molecule has 0 radical (unpaired) electrons. The van der Waals surface area contributed by atoms with Gasteiger partial charge in [-0.2, -0.15) is 0 Å². The third-order valence-corrected chi connectivity index (χ3v) is 6.07. The summed E-state index contributed by atoms with van der Waals surface area (Å²) >= 11 is 0. The van der Waals surface area contributed by atoms with Crippen LogP contribution in [0.2, 0.25) is 0 Å². The fourth-order valence-electron chi connectivity index (χ4n) is 4.40. The molecule has 0 spiro atoms. The fraction of sp³-hybridized carbons (Fsp3) is 0.0714. The third-order valence-electron chi connectivity index (χ3n) is 6.07. The maximum absolute atomic E-state index is 6.15. The number of hydrogen-bond acceptors (Lipinski definition) is 5. The number of furan rings is 1. The molecule has 160 valence electrons. The maximum atomic E-state index is 6.15. The van der Waals surface area contributed by atoms with E-state index in [0.717, 1.165) is 44.5 Å². The second kappa shape index (κ2) is 7.64. The van der Waals surface area contributed by atoms with E-state index < -0.39 is 0 Å². The highest BCUT2D eigenvalue weighted by atomic mass is 16.3. The molecule has 2 heterocycles. The van der Waals surface area contributed by atoms with E-state index in [2.05, 4.69) is 35.2 Å². The predicted octanol–water partition coefficient (Wildman–Crippen LogP) is 6.01. The molecule has 1 aliphatic heterocycles. The van der Waals surface area contributed by atoms with Crippen molar-refractivity contribution in [2.75, 3.05) is 12.8 Å². The summed E-state index contributed by atoms with van der Waals surface area (Å²) in [4.78, 5) is 12.1. The van der Waals surface area contributed by atoms with Gasteiger partial charge in [-0.25, -0.2) is 9.98 Å². The van der Waals surface area contributed by atoms with E-state index in [1.54, 1.807) is 0 Å². The van der Waals surface area contributed by atoms with Crippen molar-refractivity contribution in [2.24, 2.45) is 9.98 Å². The zero-order valence-corrected chi connectivity index (χ0v) is 18.1. The van der Waals surface area contributed by atoms with Gasteiger partial charge in [0.25, 0.3) is 0 Å². The molecule has 6 rings (SSSR count). The SMILES string of the molecule is CN1C(c2ccccc2)=NC(c2ccccc2)=NC1c1ccc2c(c1)oc1c(N)cccc12. The highest BCUT2D eigenvalue weighted by Crippen LogP contribution is 2.35.